The molecule has 2 rings (SSSR count). The fraction of sp³-hybridized carbons (Fsp3) is 0.720. The number of nitrogens with zero attached hydrogens (tertiary/aromatic N) is 2. The van der Waals surface area contributed by atoms with Gasteiger partial charge in [-0.2, -0.15) is 0 Å². The predicted octanol–water partition coefficient (Wildman–Crippen LogP) is 3.95. The van der Waals surface area contributed by atoms with E-state index < -0.39 is 0 Å². The fourth-order valence-corrected chi connectivity index (χ4v) is 3.97. The molecule has 2 N–H and O–H groups in total. The third-order valence-electron chi connectivity index (χ3n) is 5.62. The molecule has 0 aromatic heterocycles. The van der Waals surface area contributed by atoms with Gasteiger partial charge in [-0.25, -0.2) is 4.99 Å². The summed E-state index contributed by atoms with van der Waals surface area (Å²) in [7, 11) is 0. The molecule has 1 aliphatic rings. The molecule has 1 aliphatic heterocycles. The highest BCUT2D eigenvalue weighted by atomic mass is 16.5. The van der Waals surface area contributed by atoms with Gasteiger partial charge in [0, 0.05) is 44.9 Å². The lowest BCUT2D eigenvalue weighted by Gasteiger charge is -2.30. The average Bonchev–Trinajstić information content (AvgIpc) is 2.76. The molecule has 1 fully saturated rings. The number of aliphatic imine (C=N–C) groups is 1. The van der Waals surface area contributed by atoms with Crippen molar-refractivity contribution in [3.05, 3.63) is 35.4 Å². The normalized spacial score (nSPS) is 15.8. The molecule has 176 valence electrons. The van der Waals surface area contributed by atoms with Gasteiger partial charge in [0.05, 0.1) is 19.3 Å². The third-order valence-corrected chi connectivity index (χ3v) is 5.62. The zero-order chi connectivity index (χ0) is 22.5. The van der Waals surface area contributed by atoms with Gasteiger partial charge in [-0.05, 0) is 65.0 Å². The minimum absolute atomic E-state index is 0.322. The topological polar surface area (TPSA) is 58.1 Å². The zero-order valence-electron chi connectivity index (χ0n) is 20.3. The lowest BCUT2D eigenvalue weighted by Crippen LogP contribution is -2.41. The highest BCUT2D eigenvalue weighted by Gasteiger charge is 2.14. The highest BCUT2D eigenvalue weighted by molar-refractivity contribution is 5.79. The van der Waals surface area contributed by atoms with E-state index in [0.29, 0.717) is 31.3 Å². The number of ether oxygens (including phenoxy) is 2. The third kappa shape index (κ3) is 10.0. The number of benzene rings is 1. The molecule has 0 atom stereocenters. The van der Waals surface area contributed by atoms with Gasteiger partial charge in [0.2, 0.25) is 0 Å². The maximum Gasteiger partial charge on any atom is 0.191 e. The van der Waals surface area contributed by atoms with Crippen LogP contribution in [0, 0.1) is 0 Å². The summed E-state index contributed by atoms with van der Waals surface area (Å²) in [5.41, 5.74) is 2.41. The van der Waals surface area contributed by atoms with Crippen molar-refractivity contribution in [2.24, 2.45) is 4.99 Å². The van der Waals surface area contributed by atoms with Crippen molar-refractivity contribution in [2.45, 2.75) is 85.2 Å². The van der Waals surface area contributed by atoms with E-state index in [0.717, 1.165) is 58.1 Å². The number of nitrogens with one attached hydrogen (secondary N) is 2. The standard InChI is InChI=1S/C25H44N4O2/c1-6-26-25(27-13-8-14-29(20(2)3)21(4)5)28-18-22-9-7-10-23(17-22)19-31-24-11-15-30-16-12-24/h7,9-10,17,20-21,24H,6,8,11-16,18-19H2,1-5H3,(H2,26,27,28). The molecule has 0 aliphatic carbocycles. The summed E-state index contributed by atoms with van der Waals surface area (Å²) in [4.78, 5) is 7.31. The Kier molecular flexibility index (Phi) is 11.9. The zero-order valence-corrected chi connectivity index (χ0v) is 20.3. The van der Waals surface area contributed by atoms with E-state index in [1.54, 1.807) is 0 Å². The second-order valence-corrected chi connectivity index (χ2v) is 8.84. The van der Waals surface area contributed by atoms with Crippen LogP contribution in [0.4, 0.5) is 0 Å². The molecular formula is C25H44N4O2. The Bertz CT molecular complexity index is 634. The Balaban J connectivity index is 1.81. The second-order valence-electron chi connectivity index (χ2n) is 8.84. The van der Waals surface area contributed by atoms with Gasteiger partial charge in [0.15, 0.2) is 5.96 Å². The Morgan fingerprint density at radius 3 is 2.52 bits per heavy atom. The summed E-state index contributed by atoms with van der Waals surface area (Å²) < 4.78 is 11.5. The van der Waals surface area contributed by atoms with E-state index in [1.165, 1.54) is 11.1 Å². The van der Waals surface area contributed by atoms with E-state index in [4.69, 9.17) is 14.5 Å². The first-order valence-electron chi connectivity index (χ1n) is 12.0. The van der Waals surface area contributed by atoms with Crippen molar-refractivity contribution >= 4 is 5.96 Å². The van der Waals surface area contributed by atoms with Crippen LogP contribution in [-0.4, -0.2) is 61.9 Å². The molecule has 0 radical (unpaired) electrons. The van der Waals surface area contributed by atoms with Crippen LogP contribution in [0.2, 0.25) is 0 Å². The van der Waals surface area contributed by atoms with Crippen molar-refractivity contribution in [3.63, 3.8) is 0 Å². The first-order valence-corrected chi connectivity index (χ1v) is 12.0. The fourth-order valence-electron chi connectivity index (χ4n) is 3.97. The quantitative estimate of drug-likeness (QED) is 0.298. The Morgan fingerprint density at radius 1 is 1.13 bits per heavy atom. The van der Waals surface area contributed by atoms with Gasteiger partial charge in [0.25, 0.3) is 0 Å². The molecule has 1 aromatic rings. The molecule has 6 nitrogen and oxygen atoms in total. The van der Waals surface area contributed by atoms with Crippen molar-refractivity contribution in [3.8, 4) is 0 Å². The van der Waals surface area contributed by atoms with Crippen LogP contribution in [0.5, 0.6) is 0 Å². The molecule has 0 amide bonds. The summed E-state index contributed by atoms with van der Waals surface area (Å²) in [6.07, 6.45) is 3.41. The van der Waals surface area contributed by atoms with Crippen molar-refractivity contribution in [2.75, 3.05) is 32.8 Å². The van der Waals surface area contributed by atoms with Gasteiger partial charge in [0.1, 0.15) is 0 Å². The summed E-state index contributed by atoms with van der Waals surface area (Å²) in [6.45, 7) is 17.0. The lowest BCUT2D eigenvalue weighted by molar-refractivity contribution is -0.0390. The predicted molar refractivity (Wildman–Crippen MR) is 129 cm³/mol. The van der Waals surface area contributed by atoms with Crippen LogP contribution in [0.25, 0.3) is 0 Å². The first-order chi connectivity index (χ1) is 15.0. The number of hydrogen-bond donors (Lipinski definition) is 2. The highest BCUT2D eigenvalue weighted by Crippen LogP contribution is 2.14. The Labute approximate surface area is 189 Å². The molecule has 0 unspecified atom stereocenters. The molecule has 31 heavy (non-hydrogen) atoms. The van der Waals surface area contributed by atoms with Gasteiger partial charge < -0.3 is 20.1 Å². The van der Waals surface area contributed by atoms with Crippen LogP contribution in [-0.2, 0) is 22.6 Å². The first kappa shape index (κ1) is 25.6. The minimum Gasteiger partial charge on any atom is -0.381 e. The lowest BCUT2D eigenvalue weighted by atomic mass is 10.1. The van der Waals surface area contributed by atoms with E-state index >= 15 is 0 Å². The number of hydrogen-bond acceptors (Lipinski definition) is 4. The van der Waals surface area contributed by atoms with Crippen LogP contribution in [0.3, 0.4) is 0 Å². The molecular weight excluding hydrogens is 388 g/mol. The summed E-state index contributed by atoms with van der Waals surface area (Å²) in [6, 6.07) is 9.71. The molecule has 6 heteroatoms. The number of rotatable bonds is 12. The summed E-state index contributed by atoms with van der Waals surface area (Å²) in [5.74, 6) is 0.881. The number of guanidine groups is 1. The van der Waals surface area contributed by atoms with Crippen molar-refractivity contribution in [1.82, 2.24) is 15.5 Å². The van der Waals surface area contributed by atoms with Crippen LogP contribution in [0.1, 0.15) is 65.0 Å². The van der Waals surface area contributed by atoms with Crippen LogP contribution < -0.4 is 10.6 Å². The van der Waals surface area contributed by atoms with Crippen LogP contribution in [0.15, 0.2) is 29.3 Å². The smallest absolute Gasteiger partial charge is 0.191 e. The van der Waals surface area contributed by atoms with E-state index in [1.807, 2.05) is 0 Å². The second kappa shape index (κ2) is 14.4. The van der Waals surface area contributed by atoms with Crippen LogP contribution >= 0.6 is 0 Å². The van der Waals surface area contributed by atoms with Gasteiger partial charge in [-0.1, -0.05) is 24.3 Å². The average molecular weight is 433 g/mol. The molecule has 1 heterocycles. The summed E-state index contributed by atoms with van der Waals surface area (Å²) in [5, 5.41) is 6.84. The van der Waals surface area contributed by atoms with E-state index in [9.17, 15) is 0 Å². The van der Waals surface area contributed by atoms with E-state index in [2.05, 4.69) is 74.4 Å². The summed E-state index contributed by atoms with van der Waals surface area (Å²) >= 11 is 0. The van der Waals surface area contributed by atoms with Gasteiger partial charge >= 0.3 is 0 Å². The maximum absolute atomic E-state index is 6.06. The molecule has 1 aromatic carbocycles. The Hall–Kier alpha value is -1.63. The van der Waals surface area contributed by atoms with Gasteiger partial charge in [-0.3, -0.25) is 4.90 Å². The monoisotopic (exact) mass is 432 g/mol. The molecule has 0 saturated carbocycles. The molecule has 0 bridgehead atoms. The van der Waals surface area contributed by atoms with Gasteiger partial charge in [-0.15, -0.1) is 0 Å². The van der Waals surface area contributed by atoms with Crippen molar-refractivity contribution < 1.29 is 9.47 Å². The minimum atomic E-state index is 0.322. The Morgan fingerprint density at radius 2 is 1.84 bits per heavy atom. The largest absolute Gasteiger partial charge is 0.381 e. The molecule has 1 saturated heterocycles. The molecule has 0 spiro atoms. The SMILES string of the molecule is CCNC(=NCc1cccc(COC2CCOCC2)c1)NCCCN(C(C)C)C(C)C. The van der Waals surface area contributed by atoms with Crippen molar-refractivity contribution in [1.29, 1.82) is 0 Å². The van der Waals surface area contributed by atoms with E-state index in [-0.39, 0.29) is 0 Å². The maximum atomic E-state index is 6.06.